The van der Waals surface area contributed by atoms with E-state index in [9.17, 15) is 0 Å². The van der Waals surface area contributed by atoms with Gasteiger partial charge in [-0.05, 0) is 86.6 Å². The molecule has 0 N–H and O–H groups in total. The summed E-state index contributed by atoms with van der Waals surface area (Å²) in [5.74, 6) is 3.03. The minimum atomic E-state index is -0.727. The van der Waals surface area contributed by atoms with Crippen LogP contribution in [0.5, 0.6) is 23.0 Å². The molecule has 0 unspecified atom stereocenters. The molecular formula is C46H32Al4N4O6S2. The molecule has 0 aliphatic rings. The van der Waals surface area contributed by atoms with E-state index in [1.165, 1.54) is 0 Å². The molecule has 0 saturated heterocycles. The minimum absolute atomic E-state index is 0.682. The van der Waals surface area contributed by atoms with Crippen LogP contribution in [-0.4, -0.2) is 83.5 Å². The van der Waals surface area contributed by atoms with Gasteiger partial charge in [0.05, 0.1) is 31.9 Å². The van der Waals surface area contributed by atoms with Crippen molar-refractivity contribution >= 4 is 128 Å². The lowest BCUT2D eigenvalue weighted by atomic mass is 10.2. The zero-order valence-electron chi connectivity index (χ0n) is 33.4. The largest absolute Gasteiger partial charge is 0.743 e. The second kappa shape index (κ2) is 20.6. The summed E-state index contributed by atoms with van der Waals surface area (Å²) in [6.45, 7) is 3.94. The van der Waals surface area contributed by atoms with Crippen LogP contribution in [0.2, 0.25) is 0 Å². The van der Waals surface area contributed by atoms with E-state index in [1.807, 2.05) is 159 Å². The Hall–Kier alpha value is -4.83. The number of thiazole rings is 2. The van der Waals surface area contributed by atoms with Crippen molar-refractivity contribution in [2.45, 2.75) is 13.8 Å². The van der Waals surface area contributed by atoms with Crippen molar-refractivity contribution in [3.05, 3.63) is 169 Å². The van der Waals surface area contributed by atoms with E-state index in [2.05, 4.69) is 22.1 Å². The Balaban J connectivity index is 0.000000164. The second-order valence-corrected chi connectivity index (χ2v) is 19.6. The molecular weight excluding hydrogens is 877 g/mol. The van der Waals surface area contributed by atoms with E-state index in [0.29, 0.717) is 0 Å². The summed E-state index contributed by atoms with van der Waals surface area (Å²) in [5.41, 5.74) is 7.58. The highest BCUT2D eigenvalue weighted by Crippen LogP contribution is 2.37. The van der Waals surface area contributed by atoms with Crippen LogP contribution in [0.25, 0.3) is 63.4 Å². The third kappa shape index (κ3) is 10.3. The summed E-state index contributed by atoms with van der Waals surface area (Å²) in [7, 11) is 0. The third-order valence-electron chi connectivity index (χ3n) is 9.39. The van der Waals surface area contributed by atoms with Gasteiger partial charge in [0.25, 0.3) is 0 Å². The average molecular weight is 909 g/mol. The minimum Gasteiger partial charge on any atom is -0.627 e. The zero-order chi connectivity index (χ0) is 42.1. The van der Waals surface area contributed by atoms with Gasteiger partial charge in [0.15, 0.2) is 0 Å². The van der Waals surface area contributed by atoms with E-state index in [0.717, 1.165) is 97.8 Å². The molecule has 4 radical (unpaired) electrons. The Kier molecular flexibility index (Phi) is 14.1. The van der Waals surface area contributed by atoms with Gasteiger partial charge in [-0.15, -0.1) is 22.7 Å². The zero-order valence-corrected chi connectivity index (χ0v) is 39.6. The highest BCUT2D eigenvalue weighted by molar-refractivity contribution is 7.22. The normalized spacial score (nSPS) is 10.9. The molecule has 10 rings (SSSR count). The molecule has 10 nitrogen and oxygen atoms in total. The Morgan fingerprint density at radius 3 is 1.21 bits per heavy atom. The smallest absolute Gasteiger partial charge is 0.627 e. The summed E-state index contributed by atoms with van der Waals surface area (Å²) in [6, 6.07) is 52.1. The number of hydrogen-bond donors (Lipinski definition) is 0. The van der Waals surface area contributed by atoms with Crippen LogP contribution in [0.4, 0.5) is 0 Å². The number of fused-ring (bicyclic) bond motifs is 4. The highest BCUT2D eigenvalue weighted by Gasteiger charge is 2.17. The SMILES string of the molecule is Cc1ccc2cccc([O][Al][O][Al][O]c3cccc4ccc(C)nc34)c2n1.c1ccc(-c2nc3ccccc3s2)c([O][Al][O][Al][O]c2ccccc2-c2nc3ccccc3s2)c1. The van der Waals surface area contributed by atoms with Crippen molar-refractivity contribution < 1.29 is 20.8 Å². The maximum absolute atomic E-state index is 6.04. The fourth-order valence-electron chi connectivity index (χ4n) is 6.46. The predicted octanol–water partition coefficient (Wildman–Crippen LogP) is 10.7. The average Bonchev–Trinajstić information content (AvgIpc) is 3.95. The molecule has 6 aromatic carbocycles. The van der Waals surface area contributed by atoms with Crippen molar-refractivity contribution in [3.8, 4) is 44.1 Å². The van der Waals surface area contributed by atoms with Crippen molar-refractivity contribution in [3.63, 3.8) is 0 Å². The van der Waals surface area contributed by atoms with Crippen molar-refractivity contribution in [2.24, 2.45) is 0 Å². The monoisotopic (exact) mass is 908 g/mol. The predicted molar refractivity (Wildman–Crippen MR) is 251 cm³/mol. The first-order valence-corrected chi connectivity index (χ1v) is 24.8. The van der Waals surface area contributed by atoms with Gasteiger partial charge in [-0.3, -0.25) is 0 Å². The maximum atomic E-state index is 6.04. The summed E-state index contributed by atoms with van der Waals surface area (Å²) in [4.78, 5) is 18.7. The van der Waals surface area contributed by atoms with Gasteiger partial charge in [0, 0.05) is 33.3 Å². The van der Waals surface area contributed by atoms with Crippen LogP contribution in [0, 0.1) is 13.8 Å². The number of benzene rings is 6. The number of aryl methyl sites for hydroxylation is 2. The van der Waals surface area contributed by atoms with Crippen molar-refractivity contribution in [2.75, 3.05) is 0 Å². The van der Waals surface area contributed by atoms with Gasteiger partial charge >= 0.3 is 63.5 Å². The number of pyridine rings is 2. The molecule has 4 aromatic heterocycles. The van der Waals surface area contributed by atoms with Gasteiger partial charge < -0.3 is 20.8 Å². The summed E-state index contributed by atoms with van der Waals surface area (Å²) < 4.78 is 37.6. The number of rotatable bonds is 14. The summed E-state index contributed by atoms with van der Waals surface area (Å²) in [5, 5.41) is 3.99. The quantitative estimate of drug-likeness (QED) is 0.0773. The molecule has 0 aliphatic heterocycles. The molecule has 0 saturated carbocycles. The van der Waals surface area contributed by atoms with Crippen LogP contribution in [0.3, 0.4) is 0 Å². The standard InChI is InChI=1S/2C13H9NOS.2C10H9NO.4Al.2O/c2*15-11-7-3-1-5-9(11)13-14-10-6-2-4-8-12(10)16-13;2*1-7-5-6-8-3-2-4-9(12)10(8)11-7;;;;;;/h2*1-8,15H;2*2-6,12H,1H3;;;;;;/q;;;;4*+1;;/p-4. The van der Waals surface area contributed by atoms with Gasteiger partial charge in [0.2, 0.25) is 0 Å². The fraction of sp³-hybridized carbons (Fsp3) is 0.0435. The maximum Gasteiger partial charge on any atom is 0.743 e. The Labute approximate surface area is 393 Å². The first-order valence-electron chi connectivity index (χ1n) is 19.4. The molecule has 0 aliphatic carbocycles. The molecule has 10 aromatic rings. The molecule has 4 heterocycles. The van der Waals surface area contributed by atoms with Crippen molar-refractivity contribution in [1.29, 1.82) is 0 Å². The van der Waals surface area contributed by atoms with Gasteiger partial charge in [-0.1, -0.05) is 84.9 Å². The molecule has 0 bridgehead atoms. The Morgan fingerprint density at radius 2 is 0.758 bits per heavy atom. The topological polar surface area (TPSA) is 107 Å². The molecule has 16 heteroatoms. The number of hydrogen-bond acceptors (Lipinski definition) is 12. The fourth-order valence-corrected chi connectivity index (χ4v) is 10.9. The summed E-state index contributed by atoms with van der Waals surface area (Å²) >= 11 is 0.501. The number of aromatic nitrogens is 4. The molecule has 0 atom stereocenters. The van der Waals surface area contributed by atoms with Gasteiger partial charge in [-0.25, -0.2) is 19.9 Å². The van der Waals surface area contributed by atoms with Crippen molar-refractivity contribution in [1.82, 2.24) is 19.9 Å². The Morgan fingerprint density at radius 1 is 0.371 bits per heavy atom. The van der Waals surface area contributed by atoms with E-state index < -0.39 is 63.5 Å². The van der Waals surface area contributed by atoms with Crippen LogP contribution in [0.15, 0.2) is 158 Å². The molecule has 0 spiro atoms. The lowest BCUT2D eigenvalue weighted by molar-refractivity contribution is 0.418. The van der Waals surface area contributed by atoms with E-state index in [4.69, 9.17) is 30.8 Å². The Bertz CT molecular complexity index is 2860. The molecule has 0 amide bonds. The lowest BCUT2D eigenvalue weighted by Gasteiger charge is -2.12. The van der Waals surface area contributed by atoms with E-state index in [1.54, 1.807) is 22.7 Å². The van der Waals surface area contributed by atoms with Gasteiger partial charge in [0.1, 0.15) is 32.5 Å². The van der Waals surface area contributed by atoms with Crippen LogP contribution < -0.4 is 15.2 Å². The van der Waals surface area contributed by atoms with Gasteiger partial charge in [-0.2, -0.15) is 0 Å². The summed E-state index contributed by atoms with van der Waals surface area (Å²) in [6.07, 6.45) is 0. The van der Waals surface area contributed by atoms with E-state index in [-0.39, 0.29) is 0 Å². The highest BCUT2D eigenvalue weighted by atomic mass is 32.1. The number of para-hydroxylation sites is 6. The first-order chi connectivity index (χ1) is 30.6. The van der Waals surface area contributed by atoms with Crippen LogP contribution >= 0.6 is 22.7 Å². The third-order valence-corrected chi connectivity index (χ3v) is 14.7. The molecule has 62 heavy (non-hydrogen) atoms. The molecule has 296 valence electrons. The van der Waals surface area contributed by atoms with Crippen LogP contribution in [0.1, 0.15) is 11.4 Å². The number of nitrogens with zero attached hydrogens (tertiary/aromatic N) is 4. The second-order valence-electron chi connectivity index (χ2n) is 13.7. The van der Waals surface area contributed by atoms with Crippen LogP contribution in [-0.2, 0) is 5.68 Å². The lowest BCUT2D eigenvalue weighted by Crippen LogP contribution is -2.16. The molecule has 0 fully saturated rings. The van der Waals surface area contributed by atoms with E-state index >= 15 is 0 Å². The first kappa shape index (κ1) is 42.5.